The number of fused-ring (bicyclic) bond motifs is 4. The molecule has 3 aliphatic heterocycles. The third kappa shape index (κ3) is 4.77. The Morgan fingerprint density at radius 2 is 1.52 bits per heavy atom. The van der Waals surface area contributed by atoms with Gasteiger partial charge in [-0.15, -0.1) is 0 Å². The van der Waals surface area contributed by atoms with E-state index in [0.29, 0.717) is 53.1 Å². The monoisotopic (exact) mass is 717 g/mol. The van der Waals surface area contributed by atoms with E-state index in [0.717, 1.165) is 24.4 Å². The molecule has 1 aromatic heterocycles. The topological polar surface area (TPSA) is 121 Å². The highest BCUT2D eigenvalue weighted by Crippen LogP contribution is 2.64. The van der Waals surface area contributed by atoms with E-state index >= 15 is 4.79 Å². The number of rotatable bonds is 6. The Morgan fingerprint density at radius 3 is 2.23 bits per heavy atom. The molecular weight excluding hydrogens is 682 g/mol. The van der Waals surface area contributed by atoms with Crippen LogP contribution in [-0.4, -0.2) is 55.0 Å². The minimum Gasteiger partial charge on any atom is -0.463 e. The van der Waals surface area contributed by atoms with Crippen molar-refractivity contribution < 1.29 is 33.4 Å². The van der Waals surface area contributed by atoms with Crippen molar-refractivity contribution in [3.05, 3.63) is 125 Å². The first-order valence-corrected chi connectivity index (χ1v) is 18.1. The van der Waals surface area contributed by atoms with Gasteiger partial charge in [-0.05, 0) is 78.9 Å². The van der Waals surface area contributed by atoms with Crippen LogP contribution in [0.5, 0.6) is 0 Å². The molecule has 6 unspecified atom stereocenters. The molecule has 0 bridgehead atoms. The molecule has 6 atom stereocenters. The number of aliphatic hydroxyl groups excluding tert-OH is 1. The van der Waals surface area contributed by atoms with Gasteiger partial charge in [0.2, 0.25) is 23.6 Å². The van der Waals surface area contributed by atoms with E-state index in [4.69, 9.17) is 20.8 Å². The summed E-state index contributed by atoms with van der Waals surface area (Å²) in [6.07, 6.45) is 2.47. The van der Waals surface area contributed by atoms with Gasteiger partial charge in [0.1, 0.15) is 23.5 Å². The summed E-state index contributed by atoms with van der Waals surface area (Å²) < 4.78 is 11.8. The minimum atomic E-state index is -1.44. The molecule has 3 aromatic carbocycles. The molecule has 1 N–H and O–H groups in total. The Balaban J connectivity index is 1.17. The summed E-state index contributed by atoms with van der Waals surface area (Å²) in [5, 5.41) is 10.4. The van der Waals surface area contributed by atoms with Gasteiger partial charge in [0.15, 0.2) is 0 Å². The quantitative estimate of drug-likeness (QED) is 0.201. The zero-order chi connectivity index (χ0) is 35.7. The number of furan rings is 1. The number of carbonyl (C=O) groups is 4. The third-order valence-corrected chi connectivity index (χ3v) is 12.0. The molecule has 52 heavy (non-hydrogen) atoms. The van der Waals surface area contributed by atoms with E-state index < -0.39 is 46.8 Å². The van der Waals surface area contributed by atoms with Crippen LogP contribution < -0.4 is 14.7 Å². The summed E-state index contributed by atoms with van der Waals surface area (Å²) in [5.41, 5.74) is 1.85. The summed E-state index contributed by atoms with van der Waals surface area (Å²) in [4.78, 5) is 63.6. The number of ether oxygens (including phenoxy) is 1. The fraction of sp³-hybridized carbons (Fsp3) is 0.317. The van der Waals surface area contributed by atoms with Gasteiger partial charge in [0.05, 0.1) is 48.3 Å². The first-order chi connectivity index (χ1) is 25.3. The highest BCUT2D eigenvalue weighted by Gasteiger charge is 2.71. The zero-order valence-corrected chi connectivity index (χ0v) is 28.9. The zero-order valence-electron chi connectivity index (χ0n) is 28.2. The van der Waals surface area contributed by atoms with Gasteiger partial charge in [0, 0.05) is 23.8 Å². The van der Waals surface area contributed by atoms with E-state index in [2.05, 4.69) is 4.90 Å². The van der Waals surface area contributed by atoms with Crippen LogP contribution in [0.25, 0.3) is 0 Å². The Morgan fingerprint density at radius 1 is 0.769 bits per heavy atom. The van der Waals surface area contributed by atoms with Crippen LogP contribution in [0.3, 0.4) is 0 Å². The van der Waals surface area contributed by atoms with Crippen molar-refractivity contribution in [2.75, 3.05) is 41.0 Å². The molecule has 2 aliphatic carbocycles. The van der Waals surface area contributed by atoms with Crippen LogP contribution in [-0.2, 0) is 35.9 Å². The maximum Gasteiger partial charge on any atom is 0.246 e. The molecule has 264 valence electrons. The van der Waals surface area contributed by atoms with Gasteiger partial charge < -0.3 is 19.2 Å². The first-order valence-electron chi connectivity index (χ1n) is 17.7. The highest BCUT2D eigenvalue weighted by atomic mass is 35.5. The number of allylic oxidation sites excluding steroid dienone is 2. The van der Waals surface area contributed by atoms with E-state index in [1.807, 2.05) is 60.7 Å². The lowest BCUT2D eigenvalue weighted by molar-refractivity contribution is -0.127. The number of halogens is 1. The second-order valence-corrected chi connectivity index (χ2v) is 14.6. The van der Waals surface area contributed by atoms with Crippen LogP contribution in [0.1, 0.15) is 35.8 Å². The lowest BCUT2D eigenvalue weighted by atomic mass is 9.50. The Hall–Kier alpha value is -5.03. The number of carbonyl (C=O) groups excluding carboxylic acids is 4. The third-order valence-electron chi connectivity index (χ3n) is 11.8. The number of amides is 4. The second-order valence-electron chi connectivity index (χ2n) is 14.2. The summed E-state index contributed by atoms with van der Waals surface area (Å²) in [5.74, 6) is -4.26. The number of anilines is 3. The normalized spacial score (nSPS) is 28.5. The molecule has 0 spiro atoms. The maximum absolute atomic E-state index is 15.2. The molecule has 10 nitrogen and oxygen atoms in total. The van der Waals surface area contributed by atoms with Crippen LogP contribution >= 0.6 is 11.6 Å². The Bertz CT molecular complexity index is 2120. The number of aliphatic hydroxyl groups is 1. The smallest absolute Gasteiger partial charge is 0.246 e. The molecule has 9 rings (SSSR count). The van der Waals surface area contributed by atoms with Crippen molar-refractivity contribution >= 4 is 52.3 Å². The summed E-state index contributed by atoms with van der Waals surface area (Å²) >= 11 is 6.39. The summed E-state index contributed by atoms with van der Waals surface area (Å²) in [6.45, 7) is 2.46. The average molecular weight is 718 g/mol. The molecule has 5 aliphatic rings. The van der Waals surface area contributed by atoms with Crippen molar-refractivity contribution in [2.24, 2.45) is 23.7 Å². The fourth-order valence-electron chi connectivity index (χ4n) is 9.58. The predicted molar refractivity (Wildman–Crippen MR) is 193 cm³/mol. The van der Waals surface area contributed by atoms with Crippen molar-refractivity contribution in [3.8, 4) is 0 Å². The molecule has 11 heteroatoms. The number of imide groups is 2. The maximum atomic E-state index is 15.2. The molecule has 4 fully saturated rings. The number of morpholine rings is 1. The van der Waals surface area contributed by atoms with E-state index in [9.17, 15) is 19.5 Å². The van der Waals surface area contributed by atoms with Crippen LogP contribution in [0.2, 0.25) is 5.02 Å². The molecule has 4 amide bonds. The SMILES string of the molecule is O=C1C2CC=C3C(CC4C(=O)N(c5cccc(Cl)c5)C(=O)C4(c4ccccc4)C3c3ccc(CO)o3)C2C(=O)N1c1ccc(N2CCOCC2)cc1. The van der Waals surface area contributed by atoms with Crippen LogP contribution in [0, 0.1) is 23.7 Å². The predicted octanol–water partition coefficient (Wildman–Crippen LogP) is 5.63. The van der Waals surface area contributed by atoms with E-state index in [1.165, 1.54) is 9.80 Å². The second kappa shape index (κ2) is 12.6. The summed E-state index contributed by atoms with van der Waals surface area (Å²) in [7, 11) is 0. The number of hydrogen-bond donors (Lipinski definition) is 1. The van der Waals surface area contributed by atoms with E-state index in [1.54, 1.807) is 36.4 Å². The van der Waals surface area contributed by atoms with Gasteiger partial charge in [-0.25, -0.2) is 4.90 Å². The van der Waals surface area contributed by atoms with Gasteiger partial charge >= 0.3 is 0 Å². The van der Waals surface area contributed by atoms with E-state index in [-0.39, 0.29) is 24.8 Å². The van der Waals surface area contributed by atoms with Gasteiger partial charge in [0.25, 0.3) is 0 Å². The minimum absolute atomic E-state index is 0.177. The summed E-state index contributed by atoms with van der Waals surface area (Å²) in [6, 6.07) is 26.9. The highest BCUT2D eigenvalue weighted by molar-refractivity contribution is 6.32. The van der Waals surface area contributed by atoms with Crippen molar-refractivity contribution in [1.82, 2.24) is 0 Å². The Labute approximate surface area is 305 Å². The van der Waals surface area contributed by atoms with Gasteiger partial charge in [-0.3, -0.25) is 24.1 Å². The van der Waals surface area contributed by atoms with Gasteiger partial charge in [-0.1, -0.05) is 59.6 Å². The molecule has 4 heterocycles. The Kier molecular flexibility index (Phi) is 7.95. The van der Waals surface area contributed by atoms with Crippen molar-refractivity contribution in [3.63, 3.8) is 0 Å². The lowest BCUT2D eigenvalue weighted by Crippen LogP contribution is -2.53. The fourth-order valence-corrected chi connectivity index (χ4v) is 9.76. The molecule has 0 radical (unpaired) electrons. The van der Waals surface area contributed by atoms with Crippen LogP contribution in [0.15, 0.2) is 107 Å². The number of hydrogen-bond acceptors (Lipinski definition) is 8. The van der Waals surface area contributed by atoms with Crippen molar-refractivity contribution in [1.29, 1.82) is 0 Å². The largest absolute Gasteiger partial charge is 0.463 e. The number of nitrogens with zero attached hydrogens (tertiary/aromatic N) is 3. The number of benzene rings is 3. The lowest BCUT2D eigenvalue weighted by Gasteiger charge is -2.49. The standard InChI is InChI=1S/C41H36ClN3O7/c42-25-7-4-8-28(21-25)45-38(48)33-22-32-30(36(34-16-13-29(23-46)52-34)41(33,40(45)50)24-5-2-1-3-6-24)14-15-31-35(32)39(49)44(37(31)47)27-11-9-26(10-12-27)43-17-19-51-20-18-43/h1-14,16,21,31-33,35-36,46H,15,17-20,22-23H2. The molecule has 4 aromatic rings. The van der Waals surface area contributed by atoms with Gasteiger partial charge in [-0.2, -0.15) is 0 Å². The first kappa shape index (κ1) is 32.8. The molecule has 3 saturated heterocycles. The van der Waals surface area contributed by atoms with Crippen molar-refractivity contribution in [2.45, 2.75) is 30.8 Å². The molecular formula is C41H36ClN3O7. The molecule has 1 saturated carbocycles. The average Bonchev–Trinajstić information content (AvgIpc) is 3.82. The van der Waals surface area contributed by atoms with Crippen LogP contribution in [0.4, 0.5) is 17.1 Å².